The molecule has 7 amide bonds. The van der Waals surface area contributed by atoms with Crippen LogP contribution < -0.4 is 50.0 Å². The lowest BCUT2D eigenvalue weighted by Crippen LogP contribution is -2.50. The highest BCUT2D eigenvalue weighted by Gasteiger charge is 2.39. The summed E-state index contributed by atoms with van der Waals surface area (Å²) in [6, 6.07) is 25.3. The van der Waals surface area contributed by atoms with Gasteiger partial charge in [-0.15, -0.1) is 0 Å². The van der Waals surface area contributed by atoms with Crippen molar-refractivity contribution in [2.24, 2.45) is 4.99 Å². The molecule has 0 saturated heterocycles. The largest absolute Gasteiger partial charge is 0.493 e. The lowest BCUT2D eigenvalue weighted by Gasteiger charge is -2.22. The standard InChI is InChI=1S/C61H62N8O12/c1-35(64-55(71)18-10-7-14-44(70)15-11-21-67-56(72)19-20-57(67)73)58(74)65-36(2)59(75)66-41-23-37(33-80-53-29-47-45(27-51(53)78-3)60(76)68-42(31-62-47)25-39-12-5-8-16-49(39)68)22-38(24-41)34-81-54-30-48-46(28-52(54)79-4)61(77)69-43(32-63-48)26-40-13-6-9-17-50(40)69/h5-6,8-9,12-13,16-17,19-20,22-24,27-31,35-36,42-43,63H,7,10-11,14-15,18,21,25-26,32-34H2,1-4H3,(H,64,71)(H,65,74)(H,66,75)/t35-,36-,42-,43-/m0/s1. The van der Waals surface area contributed by atoms with E-state index in [9.17, 15) is 38.4 Å². The lowest BCUT2D eigenvalue weighted by molar-refractivity contribution is -0.137. The highest BCUT2D eigenvalue weighted by molar-refractivity contribution is 6.15. The molecule has 20 nitrogen and oxygen atoms in total. The molecule has 4 atom stereocenters. The number of carbonyl (C=O) groups is 8. The van der Waals surface area contributed by atoms with Crippen LogP contribution in [-0.4, -0.2) is 110 Å². The molecule has 0 saturated carbocycles. The summed E-state index contributed by atoms with van der Waals surface area (Å²) in [5.41, 5.74) is 7.27. The second-order valence-electron chi connectivity index (χ2n) is 20.6. The minimum absolute atomic E-state index is 0.0230. The minimum atomic E-state index is -1.06. The van der Waals surface area contributed by atoms with Crippen molar-refractivity contribution in [2.75, 3.05) is 47.7 Å². The minimum Gasteiger partial charge on any atom is -0.493 e. The number of carbonyl (C=O) groups excluding carboxylic acids is 8. The normalized spacial score (nSPS) is 17.1. The SMILES string of the molecule is COc1cc2c(cc1OCc1cc(COc3cc4c(cc3OC)C(=O)N3c5ccccc5C[C@H]3CN4)cc(NC(=O)[C@H](C)NC(=O)[C@H](C)NC(=O)CCCCC(=O)CCCN3C(=O)C=CC3=O)c1)N=C[C@@H]1Cc3ccccc3N1C2=O. The summed E-state index contributed by atoms with van der Waals surface area (Å²) < 4.78 is 24.4. The van der Waals surface area contributed by atoms with Crippen LogP contribution in [0.5, 0.6) is 23.0 Å². The monoisotopic (exact) mass is 1100 g/mol. The van der Waals surface area contributed by atoms with Crippen molar-refractivity contribution in [2.45, 2.75) is 103 Å². The highest BCUT2D eigenvalue weighted by Crippen LogP contribution is 2.43. The first-order valence-corrected chi connectivity index (χ1v) is 27.1. The van der Waals surface area contributed by atoms with E-state index in [1.807, 2.05) is 59.5 Å². The maximum absolute atomic E-state index is 14.1. The summed E-state index contributed by atoms with van der Waals surface area (Å²) in [7, 11) is 2.99. The number of amides is 7. The molecule has 0 radical (unpaired) electrons. The quantitative estimate of drug-likeness (QED) is 0.0407. The van der Waals surface area contributed by atoms with E-state index in [2.05, 4.69) is 21.3 Å². The van der Waals surface area contributed by atoms with Gasteiger partial charge in [0.1, 0.15) is 31.1 Å². The van der Waals surface area contributed by atoms with Crippen molar-refractivity contribution in [1.82, 2.24) is 15.5 Å². The molecule has 5 aliphatic heterocycles. The van der Waals surface area contributed by atoms with Crippen molar-refractivity contribution in [3.05, 3.63) is 137 Å². The van der Waals surface area contributed by atoms with Gasteiger partial charge in [-0.25, -0.2) is 0 Å². The first-order valence-electron chi connectivity index (χ1n) is 27.1. The number of nitrogens with one attached hydrogen (secondary N) is 4. The molecule has 0 fully saturated rings. The predicted molar refractivity (Wildman–Crippen MR) is 302 cm³/mol. The third-order valence-electron chi connectivity index (χ3n) is 15.0. The van der Waals surface area contributed by atoms with Crippen LogP contribution in [0, 0.1) is 0 Å². The van der Waals surface area contributed by atoms with Crippen LogP contribution in [0.4, 0.5) is 28.4 Å². The fourth-order valence-corrected chi connectivity index (χ4v) is 10.8. The van der Waals surface area contributed by atoms with Crippen molar-refractivity contribution in [3.8, 4) is 23.0 Å². The molecular formula is C61H62N8O12. The van der Waals surface area contributed by atoms with Crippen molar-refractivity contribution >= 4 is 81.8 Å². The van der Waals surface area contributed by atoms with Crippen molar-refractivity contribution < 1.29 is 57.3 Å². The third kappa shape index (κ3) is 12.0. The van der Waals surface area contributed by atoms with Crippen LogP contribution in [0.2, 0.25) is 0 Å². The molecule has 81 heavy (non-hydrogen) atoms. The van der Waals surface area contributed by atoms with Gasteiger partial charge >= 0.3 is 0 Å². The molecule has 5 heterocycles. The Balaban J connectivity index is 0.804. The van der Waals surface area contributed by atoms with Gasteiger partial charge in [-0.05, 0) is 104 Å². The van der Waals surface area contributed by atoms with E-state index < -0.39 is 41.6 Å². The molecule has 0 spiro atoms. The van der Waals surface area contributed by atoms with Gasteiger partial charge in [0.05, 0.1) is 48.8 Å². The maximum atomic E-state index is 14.1. The Morgan fingerprint density at radius 1 is 0.654 bits per heavy atom. The fraction of sp³-hybridized carbons (Fsp3) is 0.328. The first-order chi connectivity index (χ1) is 39.2. The fourth-order valence-electron chi connectivity index (χ4n) is 10.8. The Labute approximate surface area is 467 Å². The molecule has 4 N–H and O–H groups in total. The molecule has 0 bridgehead atoms. The van der Waals surface area contributed by atoms with Gasteiger partial charge in [0.2, 0.25) is 17.7 Å². The number of hydrogen-bond acceptors (Lipinski definition) is 14. The Bertz CT molecular complexity index is 3410. The van der Waals surface area contributed by atoms with Crippen molar-refractivity contribution in [3.63, 3.8) is 0 Å². The van der Waals surface area contributed by atoms with Gasteiger partial charge in [-0.2, -0.15) is 0 Å². The average Bonchev–Trinajstić information content (AvgIpc) is 4.22. The number of methoxy groups -OCH3 is 2. The summed E-state index contributed by atoms with van der Waals surface area (Å²) in [6.07, 6.45) is 7.25. The third-order valence-corrected chi connectivity index (χ3v) is 15.0. The van der Waals surface area contributed by atoms with Crippen molar-refractivity contribution in [1.29, 1.82) is 0 Å². The molecule has 20 heteroatoms. The lowest BCUT2D eigenvalue weighted by atomic mass is 10.1. The predicted octanol–water partition coefficient (Wildman–Crippen LogP) is 6.93. The number of para-hydroxylation sites is 2. The van der Waals surface area contributed by atoms with E-state index in [-0.39, 0.29) is 68.7 Å². The van der Waals surface area contributed by atoms with E-state index in [0.717, 1.165) is 33.8 Å². The molecular weight excluding hydrogens is 1040 g/mol. The summed E-state index contributed by atoms with van der Waals surface area (Å²) >= 11 is 0. The van der Waals surface area contributed by atoms with Crippen LogP contribution in [0.15, 0.2) is 108 Å². The number of ketones is 1. The van der Waals surface area contributed by atoms with E-state index in [0.29, 0.717) is 94.5 Å². The maximum Gasteiger partial charge on any atom is 0.261 e. The molecule has 5 aliphatic rings. The number of ether oxygens (including phenoxy) is 4. The Hall–Kier alpha value is -9.33. The summed E-state index contributed by atoms with van der Waals surface area (Å²) in [5, 5.41) is 11.7. The summed E-state index contributed by atoms with van der Waals surface area (Å²) in [5.74, 6) is -1.40. The highest BCUT2D eigenvalue weighted by atomic mass is 16.5. The number of anilines is 4. The smallest absolute Gasteiger partial charge is 0.261 e. The van der Waals surface area contributed by atoms with Crippen LogP contribution in [0.1, 0.15) is 95.3 Å². The number of rotatable bonds is 22. The van der Waals surface area contributed by atoms with Crippen LogP contribution in [0.3, 0.4) is 0 Å². The number of nitrogens with zero attached hydrogens (tertiary/aromatic N) is 4. The second-order valence-corrected chi connectivity index (χ2v) is 20.6. The molecule has 0 unspecified atom stereocenters. The van der Waals surface area contributed by atoms with Gasteiger partial charge in [0.15, 0.2) is 23.0 Å². The van der Waals surface area contributed by atoms with Crippen LogP contribution in [-0.2, 0) is 54.8 Å². The number of hydrogen-bond donors (Lipinski definition) is 4. The summed E-state index contributed by atoms with van der Waals surface area (Å²) in [4.78, 5) is 113. The van der Waals surface area contributed by atoms with E-state index in [1.54, 1.807) is 47.5 Å². The summed E-state index contributed by atoms with van der Waals surface area (Å²) in [6.45, 7) is 3.64. The van der Waals surface area contributed by atoms with E-state index >= 15 is 0 Å². The molecule has 5 aromatic carbocycles. The Morgan fingerprint density at radius 3 is 1.94 bits per heavy atom. The van der Waals surface area contributed by atoms with Gasteiger partial charge < -0.3 is 45.1 Å². The number of benzene rings is 5. The molecule has 0 aromatic heterocycles. The second kappa shape index (κ2) is 24.0. The van der Waals surface area contributed by atoms with Gasteiger partial charge in [-0.1, -0.05) is 36.4 Å². The zero-order valence-electron chi connectivity index (χ0n) is 45.4. The number of fused-ring (bicyclic) bond motifs is 8. The molecule has 5 aromatic rings. The van der Waals surface area contributed by atoms with Crippen LogP contribution >= 0.6 is 0 Å². The van der Waals surface area contributed by atoms with Gasteiger partial charge in [-0.3, -0.25) is 53.1 Å². The molecule has 418 valence electrons. The average molecular weight is 1100 g/mol. The van der Waals surface area contributed by atoms with Crippen LogP contribution in [0.25, 0.3) is 0 Å². The Kier molecular flexibility index (Phi) is 16.3. The Morgan fingerprint density at radius 2 is 1.25 bits per heavy atom. The van der Waals surface area contributed by atoms with Gasteiger partial charge in [0, 0.05) is 86.3 Å². The van der Waals surface area contributed by atoms with E-state index in [4.69, 9.17) is 23.9 Å². The zero-order chi connectivity index (χ0) is 56.9. The number of unbranched alkanes of at least 4 members (excludes halogenated alkanes) is 1. The van der Waals surface area contributed by atoms with Gasteiger partial charge in [0.25, 0.3) is 23.6 Å². The molecule has 10 rings (SSSR count). The number of aliphatic imine (C=N–C) groups is 1. The first kappa shape index (κ1) is 55.0. The number of imide groups is 1. The zero-order valence-corrected chi connectivity index (χ0v) is 45.4. The number of Topliss-reactive ketones (excluding diaryl/α,β-unsaturated/α-hetero) is 1. The topological polar surface area (TPSA) is 244 Å². The molecule has 0 aliphatic carbocycles. The van der Waals surface area contributed by atoms with E-state index in [1.165, 1.54) is 40.2 Å².